The number of fused-ring (bicyclic) bond motifs is 5. The highest BCUT2D eigenvalue weighted by atomic mass is 16.5. The third-order valence-electron chi connectivity index (χ3n) is 12.2. The molecule has 39 heavy (non-hydrogen) atoms. The zero-order chi connectivity index (χ0) is 27.4. The Balaban J connectivity index is 1.16. The van der Waals surface area contributed by atoms with Crippen molar-refractivity contribution >= 4 is 11.9 Å². The van der Waals surface area contributed by atoms with Gasteiger partial charge in [0.25, 0.3) is 0 Å². The molecule has 4 heteroatoms. The van der Waals surface area contributed by atoms with E-state index in [1.807, 2.05) is 0 Å². The van der Waals surface area contributed by atoms with E-state index in [4.69, 9.17) is 9.47 Å². The monoisotopic (exact) mass is 532 g/mol. The van der Waals surface area contributed by atoms with Gasteiger partial charge in [0.1, 0.15) is 12.2 Å². The van der Waals surface area contributed by atoms with Gasteiger partial charge in [-0.25, -0.2) is 0 Å². The molecule has 4 nitrogen and oxygen atoms in total. The molecule has 5 aliphatic rings. The second-order valence-electron chi connectivity index (χ2n) is 14.2. The molecule has 4 saturated carbocycles. The van der Waals surface area contributed by atoms with Crippen molar-refractivity contribution < 1.29 is 19.1 Å². The van der Waals surface area contributed by atoms with Crippen LogP contribution in [-0.2, 0) is 19.1 Å². The summed E-state index contributed by atoms with van der Waals surface area (Å²) in [6, 6.07) is 8.87. The fourth-order valence-corrected chi connectivity index (χ4v) is 10.0. The number of hydrogen-bond donors (Lipinski definition) is 0. The number of ether oxygens (including phenoxy) is 2. The van der Waals surface area contributed by atoms with Crippen LogP contribution in [0.1, 0.15) is 115 Å². The van der Waals surface area contributed by atoms with Crippen molar-refractivity contribution in [3.05, 3.63) is 47.0 Å². The van der Waals surface area contributed by atoms with Crippen LogP contribution >= 0.6 is 0 Å². The lowest BCUT2D eigenvalue weighted by Crippen LogP contribution is -2.51. The summed E-state index contributed by atoms with van der Waals surface area (Å²) < 4.78 is 12.1. The minimum absolute atomic E-state index is 0.0134. The molecule has 212 valence electrons. The van der Waals surface area contributed by atoms with Crippen molar-refractivity contribution in [3.8, 4) is 0 Å². The molecule has 1 aromatic rings. The third-order valence-corrected chi connectivity index (χ3v) is 12.2. The van der Waals surface area contributed by atoms with Gasteiger partial charge in [-0.3, -0.25) is 9.59 Å². The second kappa shape index (κ2) is 10.4. The molecule has 0 aromatic heterocycles. The maximum atomic E-state index is 13.9. The van der Waals surface area contributed by atoms with Gasteiger partial charge in [0.05, 0.1) is 5.92 Å². The van der Waals surface area contributed by atoms with E-state index in [0.29, 0.717) is 23.7 Å². The predicted octanol–water partition coefficient (Wildman–Crippen LogP) is 8.08. The van der Waals surface area contributed by atoms with E-state index >= 15 is 0 Å². The van der Waals surface area contributed by atoms with E-state index in [9.17, 15) is 9.59 Å². The summed E-state index contributed by atoms with van der Waals surface area (Å²) >= 11 is 0. The summed E-state index contributed by atoms with van der Waals surface area (Å²) in [6.45, 7) is 8.56. The molecule has 4 fully saturated rings. The molecule has 0 bridgehead atoms. The van der Waals surface area contributed by atoms with Crippen molar-refractivity contribution in [3.63, 3.8) is 0 Å². The molecule has 0 aliphatic heterocycles. The topological polar surface area (TPSA) is 52.6 Å². The van der Waals surface area contributed by atoms with E-state index in [0.717, 1.165) is 64.2 Å². The van der Waals surface area contributed by atoms with Gasteiger partial charge in [-0.15, -0.1) is 0 Å². The Morgan fingerprint density at radius 3 is 2.41 bits per heavy atom. The molecule has 0 spiro atoms. The lowest BCUT2D eigenvalue weighted by Gasteiger charge is -2.58. The zero-order valence-corrected chi connectivity index (χ0v) is 24.5. The zero-order valence-electron chi connectivity index (χ0n) is 24.5. The van der Waals surface area contributed by atoms with Crippen LogP contribution in [-0.4, -0.2) is 24.1 Å². The van der Waals surface area contributed by atoms with Crippen molar-refractivity contribution in [2.45, 2.75) is 123 Å². The fraction of sp³-hybridized carbons (Fsp3) is 0.714. The van der Waals surface area contributed by atoms with Gasteiger partial charge in [0.15, 0.2) is 0 Å². The van der Waals surface area contributed by atoms with Crippen LogP contribution < -0.4 is 0 Å². The Morgan fingerprint density at radius 1 is 0.872 bits per heavy atom. The standard InChI is InChI=1S/C35H48O4/c1-22-9-11-24(12-10-22)27-7-5-6-8-32(27)39-33(37)31-16-15-29-28-14-13-25-21-26(38-23(2)36)17-19-34(25,3)30(28)18-20-35(29,31)4/h9-13,26-32H,5-8,14-21H2,1-4H3/t26-,27+,28-,29-,30-,31+,32-,34-,35-/m0/s1. The maximum absolute atomic E-state index is 13.9. The number of carbonyl (C=O) groups excluding carboxylic acids is 2. The molecule has 0 unspecified atom stereocenters. The number of esters is 2. The first-order chi connectivity index (χ1) is 18.7. The summed E-state index contributed by atoms with van der Waals surface area (Å²) in [5.41, 5.74) is 4.39. The molecular formula is C35H48O4. The largest absolute Gasteiger partial charge is 0.462 e. The summed E-state index contributed by atoms with van der Waals surface area (Å²) in [7, 11) is 0. The van der Waals surface area contributed by atoms with Crippen molar-refractivity contribution in [2.75, 3.05) is 0 Å². The second-order valence-corrected chi connectivity index (χ2v) is 14.2. The lowest BCUT2D eigenvalue weighted by molar-refractivity contribution is -0.164. The van der Waals surface area contributed by atoms with Crippen LogP contribution in [0.5, 0.6) is 0 Å². The lowest BCUT2D eigenvalue weighted by atomic mass is 9.47. The van der Waals surface area contributed by atoms with E-state index in [2.05, 4.69) is 51.1 Å². The maximum Gasteiger partial charge on any atom is 0.309 e. The molecule has 6 rings (SSSR count). The van der Waals surface area contributed by atoms with Gasteiger partial charge in [-0.2, -0.15) is 0 Å². The van der Waals surface area contributed by atoms with Crippen LogP contribution in [0, 0.1) is 41.4 Å². The molecule has 0 heterocycles. The first-order valence-electron chi connectivity index (χ1n) is 15.8. The van der Waals surface area contributed by atoms with E-state index in [1.54, 1.807) is 0 Å². The van der Waals surface area contributed by atoms with Crippen LogP contribution in [0.3, 0.4) is 0 Å². The highest BCUT2D eigenvalue weighted by Gasteiger charge is 2.60. The fourth-order valence-electron chi connectivity index (χ4n) is 10.0. The van der Waals surface area contributed by atoms with E-state index in [-0.39, 0.29) is 40.9 Å². The Hall–Kier alpha value is -2.10. The third kappa shape index (κ3) is 4.78. The molecule has 1 aromatic carbocycles. The van der Waals surface area contributed by atoms with Gasteiger partial charge in [-0.05, 0) is 105 Å². The van der Waals surface area contributed by atoms with Crippen molar-refractivity contribution in [2.24, 2.45) is 34.5 Å². The number of allylic oxidation sites excluding steroid dienone is 1. The predicted molar refractivity (Wildman–Crippen MR) is 153 cm³/mol. The Bertz CT molecular complexity index is 1120. The summed E-state index contributed by atoms with van der Waals surface area (Å²) in [5.74, 6) is 2.20. The first kappa shape index (κ1) is 27.1. The molecule has 0 saturated heterocycles. The number of hydrogen-bond acceptors (Lipinski definition) is 4. The molecule has 0 N–H and O–H groups in total. The first-order valence-corrected chi connectivity index (χ1v) is 15.8. The summed E-state index contributed by atoms with van der Waals surface area (Å²) in [5, 5.41) is 0. The minimum Gasteiger partial charge on any atom is -0.462 e. The van der Waals surface area contributed by atoms with Crippen molar-refractivity contribution in [1.29, 1.82) is 0 Å². The minimum atomic E-state index is -0.159. The van der Waals surface area contributed by atoms with Crippen molar-refractivity contribution in [1.82, 2.24) is 0 Å². The number of benzene rings is 1. The Kier molecular flexibility index (Phi) is 7.21. The van der Waals surface area contributed by atoms with E-state index in [1.165, 1.54) is 36.5 Å². The van der Waals surface area contributed by atoms with Crippen LogP contribution in [0.2, 0.25) is 0 Å². The Morgan fingerprint density at radius 2 is 1.64 bits per heavy atom. The molecule has 0 amide bonds. The van der Waals surface area contributed by atoms with E-state index < -0.39 is 0 Å². The van der Waals surface area contributed by atoms with Gasteiger partial charge in [-0.1, -0.05) is 61.7 Å². The van der Waals surface area contributed by atoms with Gasteiger partial charge >= 0.3 is 11.9 Å². The summed E-state index contributed by atoms with van der Waals surface area (Å²) in [4.78, 5) is 25.5. The number of carbonyl (C=O) groups is 2. The highest BCUT2D eigenvalue weighted by molar-refractivity contribution is 5.74. The van der Waals surface area contributed by atoms with Gasteiger partial charge in [0.2, 0.25) is 0 Å². The van der Waals surface area contributed by atoms with Crippen LogP contribution in [0.15, 0.2) is 35.9 Å². The van der Waals surface area contributed by atoms with Crippen LogP contribution in [0.4, 0.5) is 0 Å². The van der Waals surface area contributed by atoms with Gasteiger partial charge in [0, 0.05) is 19.3 Å². The molecule has 9 atom stereocenters. The summed E-state index contributed by atoms with van der Waals surface area (Å²) in [6.07, 6.45) is 15.6. The molecule has 0 radical (unpaired) electrons. The SMILES string of the molecule is CC(=O)O[C@H]1CC[C@@]2(C)C(=CC[C@H]3[C@@H]4CC[C@H](C(=O)O[C@H]5CCCC[C@@H]5c5ccc(C)cc5)[C@@]4(C)CC[C@@H]32)C1. The smallest absolute Gasteiger partial charge is 0.309 e. The highest BCUT2D eigenvalue weighted by Crippen LogP contribution is 2.66. The van der Waals surface area contributed by atoms with Crippen LogP contribution in [0.25, 0.3) is 0 Å². The quantitative estimate of drug-likeness (QED) is 0.291. The number of rotatable bonds is 4. The number of aryl methyl sites for hydroxylation is 1. The average molecular weight is 533 g/mol. The Labute approximate surface area is 235 Å². The molecular weight excluding hydrogens is 484 g/mol. The average Bonchev–Trinajstić information content (AvgIpc) is 3.27. The normalized spacial score (nSPS) is 41.4. The van der Waals surface area contributed by atoms with Gasteiger partial charge < -0.3 is 9.47 Å². The molecule has 5 aliphatic carbocycles.